The van der Waals surface area contributed by atoms with Gasteiger partial charge in [-0.15, -0.1) is 0 Å². The van der Waals surface area contributed by atoms with Crippen molar-refractivity contribution in [3.05, 3.63) is 5.82 Å². The average molecular weight is 298 g/mol. The van der Waals surface area contributed by atoms with E-state index in [0.29, 0.717) is 6.61 Å². The van der Waals surface area contributed by atoms with E-state index in [9.17, 15) is 0 Å². The highest BCUT2D eigenvalue weighted by Gasteiger charge is 2.17. The first-order valence-corrected chi connectivity index (χ1v) is 8.51. The molecule has 1 aliphatic heterocycles. The van der Waals surface area contributed by atoms with Gasteiger partial charge < -0.3 is 14.9 Å². The van der Waals surface area contributed by atoms with Crippen molar-refractivity contribution >= 4 is 16.7 Å². The SMILES string of the molecule is CCc1nsc(N2CCCN(CCCCCO)CC2)n1. The molecule has 6 heteroatoms. The van der Waals surface area contributed by atoms with Crippen LogP contribution in [0, 0.1) is 0 Å². The molecule has 114 valence electrons. The van der Waals surface area contributed by atoms with Crippen LogP contribution in [0.4, 0.5) is 5.13 Å². The Bertz CT molecular complexity index is 385. The van der Waals surface area contributed by atoms with E-state index >= 15 is 0 Å². The fraction of sp³-hybridized carbons (Fsp3) is 0.857. The zero-order chi connectivity index (χ0) is 14.2. The van der Waals surface area contributed by atoms with Gasteiger partial charge in [0.05, 0.1) is 0 Å². The van der Waals surface area contributed by atoms with Crippen LogP contribution in [0.25, 0.3) is 0 Å². The summed E-state index contributed by atoms with van der Waals surface area (Å²) in [6.07, 6.45) is 5.37. The molecular formula is C14H26N4OS. The zero-order valence-corrected chi connectivity index (χ0v) is 13.2. The van der Waals surface area contributed by atoms with Gasteiger partial charge in [0.15, 0.2) is 0 Å². The summed E-state index contributed by atoms with van der Waals surface area (Å²) in [5.74, 6) is 0.968. The maximum Gasteiger partial charge on any atom is 0.205 e. The van der Waals surface area contributed by atoms with E-state index in [1.165, 1.54) is 30.9 Å². The molecule has 20 heavy (non-hydrogen) atoms. The van der Waals surface area contributed by atoms with Gasteiger partial charge in [0.1, 0.15) is 5.82 Å². The van der Waals surface area contributed by atoms with Gasteiger partial charge in [0, 0.05) is 44.2 Å². The lowest BCUT2D eigenvalue weighted by molar-refractivity contribution is 0.262. The number of hydrogen-bond acceptors (Lipinski definition) is 6. The Kier molecular flexibility index (Phi) is 6.69. The minimum absolute atomic E-state index is 0.324. The highest BCUT2D eigenvalue weighted by molar-refractivity contribution is 7.09. The highest BCUT2D eigenvalue weighted by Crippen LogP contribution is 2.19. The van der Waals surface area contributed by atoms with Crippen molar-refractivity contribution in [1.29, 1.82) is 0 Å². The molecule has 1 saturated heterocycles. The summed E-state index contributed by atoms with van der Waals surface area (Å²) in [4.78, 5) is 9.51. The Labute approximate surface area is 125 Å². The number of unbranched alkanes of at least 4 members (excludes halogenated alkanes) is 2. The number of aryl methyl sites for hydroxylation is 1. The lowest BCUT2D eigenvalue weighted by atomic mass is 10.2. The van der Waals surface area contributed by atoms with Crippen molar-refractivity contribution < 1.29 is 5.11 Å². The Balaban J connectivity index is 1.76. The summed E-state index contributed by atoms with van der Waals surface area (Å²) in [5.41, 5.74) is 0. The van der Waals surface area contributed by atoms with Crippen LogP contribution >= 0.6 is 11.5 Å². The normalized spacial score (nSPS) is 17.4. The van der Waals surface area contributed by atoms with Crippen LogP contribution in [-0.4, -0.2) is 58.7 Å². The van der Waals surface area contributed by atoms with E-state index in [1.807, 2.05) is 0 Å². The summed E-state index contributed by atoms with van der Waals surface area (Å²) in [5, 5.41) is 9.89. The smallest absolute Gasteiger partial charge is 0.205 e. The van der Waals surface area contributed by atoms with Crippen LogP contribution in [0.5, 0.6) is 0 Å². The van der Waals surface area contributed by atoms with E-state index in [0.717, 1.165) is 56.4 Å². The van der Waals surface area contributed by atoms with Crippen LogP contribution in [0.2, 0.25) is 0 Å². The molecule has 1 N–H and O–H groups in total. The van der Waals surface area contributed by atoms with Crippen molar-refractivity contribution in [3.63, 3.8) is 0 Å². The van der Waals surface area contributed by atoms with E-state index in [-0.39, 0.29) is 0 Å². The fourth-order valence-electron chi connectivity index (χ4n) is 2.53. The predicted molar refractivity (Wildman–Crippen MR) is 83.5 cm³/mol. The number of aromatic nitrogens is 2. The van der Waals surface area contributed by atoms with Crippen molar-refractivity contribution in [2.75, 3.05) is 44.2 Å². The van der Waals surface area contributed by atoms with Gasteiger partial charge in [0.2, 0.25) is 5.13 Å². The summed E-state index contributed by atoms with van der Waals surface area (Å²) in [7, 11) is 0. The topological polar surface area (TPSA) is 52.5 Å². The van der Waals surface area contributed by atoms with Gasteiger partial charge in [-0.3, -0.25) is 0 Å². The molecule has 0 aliphatic carbocycles. The second-order valence-corrected chi connectivity index (χ2v) is 6.04. The van der Waals surface area contributed by atoms with Gasteiger partial charge in [-0.2, -0.15) is 4.37 Å². The van der Waals surface area contributed by atoms with Gasteiger partial charge in [-0.05, 0) is 38.8 Å². The standard InChI is InChI=1S/C14H26N4OS/c1-2-13-15-14(20-16-13)18-9-6-8-17(10-11-18)7-4-3-5-12-19/h19H,2-12H2,1H3. The number of rotatable bonds is 7. The first-order chi connectivity index (χ1) is 9.83. The number of aliphatic hydroxyl groups excluding tert-OH is 1. The Morgan fingerprint density at radius 2 is 2.05 bits per heavy atom. The van der Waals surface area contributed by atoms with Crippen molar-refractivity contribution in [1.82, 2.24) is 14.3 Å². The monoisotopic (exact) mass is 298 g/mol. The average Bonchev–Trinajstić information content (AvgIpc) is 2.83. The molecule has 1 aliphatic rings. The van der Waals surface area contributed by atoms with E-state index < -0.39 is 0 Å². The summed E-state index contributed by atoms with van der Waals surface area (Å²) < 4.78 is 4.38. The van der Waals surface area contributed by atoms with E-state index in [1.54, 1.807) is 0 Å². The van der Waals surface area contributed by atoms with Crippen LogP contribution in [0.15, 0.2) is 0 Å². The van der Waals surface area contributed by atoms with Crippen LogP contribution in [-0.2, 0) is 6.42 Å². The molecule has 0 spiro atoms. The van der Waals surface area contributed by atoms with Crippen LogP contribution in [0.3, 0.4) is 0 Å². The van der Waals surface area contributed by atoms with Gasteiger partial charge in [-0.1, -0.05) is 6.92 Å². The molecule has 1 fully saturated rings. The van der Waals surface area contributed by atoms with Crippen molar-refractivity contribution in [3.8, 4) is 0 Å². The number of anilines is 1. The Morgan fingerprint density at radius 1 is 1.15 bits per heavy atom. The largest absolute Gasteiger partial charge is 0.396 e. The molecule has 0 bridgehead atoms. The molecule has 0 aromatic carbocycles. The third-order valence-electron chi connectivity index (χ3n) is 3.77. The van der Waals surface area contributed by atoms with E-state index in [4.69, 9.17) is 5.11 Å². The van der Waals surface area contributed by atoms with Gasteiger partial charge in [-0.25, -0.2) is 4.98 Å². The molecule has 5 nitrogen and oxygen atoms in total. The Hall–Kier alpha value is -0.720. The number of nitrogens with zero attached hydrogens (tertiary/aromatic N) is 4. The maximum absolute atomic E-state index is 8.80. The first kappa shape index (κ1) is 15.7. The number of hydrogen-bond donors (Lipinski definition) is 1. The minimum atomic E-state index is 0.324. The molecule has 0 saturated carbocycles. The zero-order valence-electron chi connectivity index (χ0n) is 12.4. The first-order valence-electron chi connectivity index (χ1n) is 7.74. The van der Waals surface area contributed by atoms with Crippen LogP contribution < -0.4 is 4.90 Å². The third kappa shape index (κ3) is 4.68. The molecule has 1 aromatic heterocycles. The quantitative estimate of drug-likeness (QED) is 0.778. The maximum atomic E-state index is 8.80. The molecular weight excluding hydrogens is 272 g/mol. The lowest BCUT2D eigenvalue weighted by Crippen LogP contribution is -2.31. The summed E-state index contributed by atoms with van der Waals surface area (Å²) in [6, 6.07) is 0. The predicted octanol–water partition coefficient (Wildman–Crippen LogP) is 1.78. The van der Waals surface area contributed by atoms with Crippen molar-refractivity contribution in [2.24, 2.45) is 0 Å². The summed E-state index contributed by atoms with van der Waals surface area (Å²) >= 11 is 1.53. The molecule has 1 aromatic rings. The van der Waals surface area contributed by atoms with Gasteiger partial charge >= 0.3 is 0 Å². The molecule has 0 atom stereocenters. The van der Waals surface area contributed by atoms with Crippen molar-refractivity contribution in [2.45, 2.75) is 39.0 Å². The molecule has 0 unspecified atom stereocenters. The lowest BCUT2D eigenvalue weighted by Gasteiger charge is -2.21. The second-order valence-electron chi connectivity index (χ2n) is 5.31. The van der Waals surface area contributed by atoms with E-state index in [2.05, 4.69) is 26.1 Å². The fourth-order valence-corrected chi connectivity index (χ4v) is 3.33. The molecule has 2 rings (SSSR count). The second kappa shape index (κ2) is 8.54. The Morgan fingerprint density at radius 3 is 2.80 bits per heavy atom. The third-order valence-corrected chi connectivity index (χ3v) is 4.58. The number of aliphatic hydroxyl groups is 1. The molecule has 0 radical (unpaired) electrons. The van der Waals surface area contributed by atoms with Crippen LogP contribution in [0.1, 0.15) is 38.4 Å². The highest BCUT2D eigenvalue weighted by atomic mass is 32.1. The van der Waals surface area contributed by atoms with Gasteiger partial charge in [0.25, 0.3) is 0 Å². The molecule has 0 amide bonds. The summed E-state index contributed by atoms with van der Waals surface area (Å²) in [6.45, 7) is 8.01. The molecule has 2 heterocycles. The minimum Gasteiger partial charge on any atom is -0.396 e.